The lowest BCUT2D eigenvalue weighted by Crippen LogP contribution is -2.27. The van der Waals surface area contributed by atoms with Gasteiger partial charge >= 0.3 is 0 Å². The molecule has 1 amide bonds. The first-order chi connectivity index (χ1) is 12.2. The molecule has 0 spiro atoms. The van der Waals surface area contributed by atoms with Crippen molar-refractivity contribution in [3.8, 4) is 10.6 Å². The van der Waals surface area contributed by atoms with Gasteiger partial charge in [0.2, 0.25) is 5.91 Å². The summed E-state index contributed by atoms with van der Waals surface area (Å²) in [5, 5.41) is 6.37. The van der Waals surface area contributed by atoms with Crippen LogP contribution in [0, 0.1) is 0 Å². The molecule has 0 unspecified atom stereocenters. The van der Waals surface area contributed by atoms with E-state index in [0.717, 1.165) is 22.0 Å². The van der Waals surface area contributed by atoms with E-state index in [1.165, 1.54) is 16.2 Å². The van der Waals surface area contributed by atoms with E-state index in [2.05, 4.69) is 22.4 Å². The van der Waals surface area contributed by atoms with Crippen LogP contribution in [0.1, 0.15) is 5.69 Å². The fraction of sp³-hybridized carbons (Fsp3) is 0.158. The second-order valence-corrected chi connectivity index (χ2v) is 7.75. The Bertz CT molecular complexity index is 836. The van der Waals surface area contributed by atoms with Gasteiger partial charge in [-0.3, -0.25) is 4.79 Å². The summed E-state index contributed by atoms with van der Waals surface area (Å²) in [6.07, 6.45) is 0.289. The molecule has 0 fully saturated rings. The van der Waals surface area contributed by atoms with Gasteiger partial charge in [-0.1, -0.05) is 48.0 Å². The van der Waals surface area contributed by atoms with Gasteiger partial charge in [0.15, 0.2) is 0 Å². The lowest BCUT2D eigenvalue weighted by atomic mass is 10.2. The zero-order valence-electron chi connectivity index (χ0n) is 13.4. The molecule has 0 bridgehead atoms. The number of amides is 1. The minimum absolute atomic E-state index is 0.00956. The van der Waals surface area contributed by atoms with Gasteiger partial charge in [0.1, 0.15) is 5.01 Å². The third-order valence-corrected chi connectivity index (χ3v) is 5.70. The first kappa shape index (κ1) is 18.0. The van der Waals surface area contributed by atoms with Crippen LogP contribution in [-0.2, 0) is 11.2 Å². The van der Waals surface area contributed by atoms with Crippen LogP contribution in [0.5, 0.6) is 0 Å². The van der Waals surface area contributed by atoms with Crippen LogP contribution in [0.15, 0.2) is 64.9 Å². The number of aromatic nitrogens is 1. The van der Waals surface area contributed by atoms with Crippen molar-refractivity contribution in [3.05, 3.63) is 70.7 Å². The van der Waals surface area contributed by atoms with Crippen molar-refractivity contribution in [3.63, 3.8) is 0 Å². The summed E-state index contributed by atoms with van der Waals surface area (Å²) >= 11 is 9.43. The average Bonchev–Trinajstić information content (AvgIpc) is 3.08. The van der Waals surface area contributed by atoms with Crippen LogP contribution in [0.3, 0.4) is 0 Å². The van der Waals surface area contributed by atoms with Gasteiger partial charge in [-0.2, -0.15) is 0 Å². The maximum atomic E-state index is 12.1. The Morgan fingerprint density at radius 2 is 1.88 bits per heavy atom. The largest absolute Gasteiger partial charge is 0.355 e. The monoisotopic (exact) mass is 388 g/mol. The van der Waals surface area contributed by atoms with Gasteiger partial charge < -0.3 is 5.32 Å². The lowest BCUT2D eigenvalue weighted by molar-refractivity contribution is -0.120. The number of nitrogens with one attached hydrogen (secondary N) is 1. The SMILES string of the molecule is O=C(Cc1csc(-c2ccccc2Cl)n1)NCCSc1ccccc1. The lowest BCUT2D eigenvalue weighted by Gasteiger charge is -2.04. The van der Waals surface area contributed by atoms with Crippen molar-refractivity contribution in [1.82, 2.24) is 10.3 Å². The Morgan fingerprint density at radius 3 is 2.68 bits per heavy atom. The number of rotatable bonds is 7. The highest BCUT2D eigenvalue weighted by Gasteiger charge is 2.10. The zero-order valence-corrected chi connectivity index (χ0v) is 15.8. The van der Waals surface area contributed by atoms with Gasteiger partial charge in [0.05, 0.1) is 17.1 Å². The molecule has 6 heteroatoms. The van der Waals surface area contributed by atoms with Crippen molar-refractivity contribution >= 4 is 40.6 Å². The van der Waals surface area contributed by atoms with E-state index in [1.54, 1.807) is 11.8 Å². The molecular weight excluding hydrogens is 372 g/mol. The summed E-state index contributed by atoms with van der Waals surface area (Å²) in [4.78, 5) is 17.8. The van der Waals surface area contributed by atoms with Gasteiger partial charge in [-0.05, 0) is 18.2 Å². The van der Waals surface area contributed by atoms with E-state index in [1.807, 2.05) is 47.8 Å². The maximum absolute atomic E-state index is 12.1. The van der Waals surface area contributed by atoms with Crippen molar-refractivity contribution < 1.29 is 4.79 Å². The zero-order chi connectivity index (χ0) is 17.5. The van der Waals surface area contributed by atoms with E-state index in [4.69, 9.17) is 11.6 Å². The predicted octanol–water partition coefficient (Wildman–Crippen LogP) is 4.91. The Labute approximate surface area is 160 Å². The molecule has 1 heterocycles. The fourth-order valence-corrected chi connectivity index (χ4v) is 4.18. The van der Waals surface area contributed by atoms with Crippen molar-refractivity contribution in [2.75, 3.05) is 12.3 Å². The van der Waals surface area contributed by atoms with Crippen molar-refractivity contribution in [1.29, 1.82) is 0 Å². The van der Waals surface area contributed by atoms with Crippen LogP contribution in [-0.4, -0.2) is 23.2 Å². The molecule has 3 rings (SSSR count). The third-order valence-electron chi connectivity index (χ3n) is 3.43. The van der Waals surface area contributed by atoms with E-state index in [-0.39, 0.29) is 12.3 Å². The van der Waals surface area contributed by atoms with Gasteiger partial charge in [-0.15, -0.1) is 23.1 Å². The summed E-state index contributed by atoms with van der Waals surface area (Å²) in [7, 11) is 0. The van der Waals surface area contributed by atoms with Gasteiger partial charge in [-0.25, -0.2) is 4.98 Å². The highest BCUT2D eigenvalue weighted by Crippen LogP contribution is 2.30. The molecule has 0 saturated carbocycles. The highest BCUT2D eigenvalue weighted by molar-refractivity contribution is 7.99. The Balaban J connectivity index is 1.46. The number of thiazole rings is 1. The number of carbonyl (C=O) groups excluding carboxylic acids is 1. The van der Waals surface area contributed by atoms with Crippen molar-refractivity contribution in [2.24, 2.45) is 0 Å². The number of hydrogen-bond acceptors (Lipinski definition) is 4. The molecule has 25 heavy (non-hydrogen) atoms. The van der Waals surface area contributed by atoms with Crippen LogP contribution < -0.4 is 5.32 Å². The molecule has 1 aromatic heterocycles. The summed E-state index contributed by atoms with van der Waals surface area (Å²) in [6, 6.07) is 17.8. The topological polar surface area (TPSA) is 42.0 Å². The van der Waals surface area contributed by atoms with Crippen LogP contribution in [0.2, 0.25) is 5.02 Å². The summed E-state index contributed by atoms with van der Waals surface area (Å²) < 4.78 is 0. The Hall–Kier alpha value is -1.82. The van der Waals surface area contributed by atoms with Gasteiger partial charge in [0, 0.05) is 28.1 Å². The number of hydrogen-bond donors (Lipinski definition) is 1. The second kappa shape index (κ2) is 9.04. The third kappa shape index (κ3) is 5.33. The van der Waals surface area contributed by atoms with E-state index < -0.39 is 0 Å². The van der Waals surface area contributed by atoms with Gasteiger partial charge in [0.25, 0.3) is 0 Å². The second-order valence-electron chi connectivity index (χ2n) is 5.31. The summed E-state index contributed by atoms with van der Waals surface area (Å²) in [5.41, 5.74) is 1.67. The Kier molecular flexibility index (Phi) is 6.50. The van der Waals surface area contributed by atoms with E-state index in [0.29, 0.717) is 11.6 Å². The molecule has 0 aliphatic carbocycles. The molecule has 128 valence electrons. The minimum atomic E-state index is -0.00956. The minimum Gasteiger partial charge on any atom is -0.355 e. The van der Waals surface area contributed by atoms with Crippen LogP contribution >= 0.6 is 34.7 Å². The first-order valence-corrected chi connectivity index (χ1v) is 10.1. The first-order valence-electron chi connectivity index (χ1n) is 7.86. The molecule has 0 aliphatic heterocycles. The normalized spacial score (nSPS) is 10.6. The van der Waals surface area contributed by atoms with E-state index in [9.17, 15) is 4.79 Å². The number of halogens is 1. The highest BCUT2D eigenvalue weighted by atomic mass is 35.5. The Morgan fingerprint density at radius 1 is 1.12 bits per heavy atom. The summed E-state index contributed by atoms with van der Waals surface area (Å²) in [5.74, 6) is 0.835. The number of nitrogens with zero attached hydrogens (tertiary/aromatic N) is 1. The molecular formula is C19H17ClN2OS2. The molecule has 3 aromatic rings. The molecule has 2 aromatic carbocycles. The molecule has 0 aliphatic rings. The van der Waals surface area contributed by atoms with Crippen LogP contribution in [0.4, 0.5) is 0 Å². The maximum Gasteiger partial charge on any atom is 0.226 e. The smallest absolute Gasteiger partial charge is 0.226 e. The number of thioether (sulfide) groups is 1. The fourth-order valence-electron chi connectivity index (χ4n) is 2.25. The van der Waals surface area contributed by atoms with Crippen molar-refractivity contribution in [2.45, 2.75) is 11.3 Å². The summed E-state index contributed by atoms with van der Waals surface area (Å²) in [6.45, 7) is 0.639. The van der Waals surface area contributed by atoms with Crippen LogP contribution in [0.25, 0.3) is 10.6 Å². The molecule has 0 radical (unpaired) electrons. The number of benzene rings is 2. The predicted molar refractivity (Wildman–Crippen MR) is 106 cm³/mol. The average molecular weight is 389 g/mol. The molecule has 3 nitrogen and oxygen atoms in total. The molecule has 1 N–H and O–H groups in total. The number of carbonyl (C=O) groups is 1. The molecule has 0 atom stereocenters. The quantitative estimate of drug-likeness (QED) is 0.461. The standard InChI is InChI=1S/C19H17ClN2OS2/c20-17-9-5-4-8-16(17)19-22-14(13-25-19)12-18(23)21-10-11-24-15-6-2-1-3-7-15/h1-9,13H,10-12H2,(H,21,23). The van der Waals surface area contributed by atoms with E-state index >= 15 is 0 Å². The molecule has 0 saturated heterocycles.